The van der Waals surface area contributed by atoms with Crippen LogP contribution in [0.25, 0.3) is 88.0 Å². The smallest absolute Gasteiger partial charge is 0.143 e. The number of hydrogen-bond acceptors (Lipinski definition) is 2. The fourth-order valence-corrected chi connectivity index (χ4v) is 9.92. The molecule has 58 heavy (non-hydrogen) atoms. The van der Waals surface area contributed by atoms with Gasteiger partial charge in [0, 0.05) is 38.3 Å². The van der Waals surface area contributed by atoms with Crippen molar-refractivity contribution in [3.63, 3.8) is 0 Å². The van der Waals surface area contributed by atoms with E-state index < -0.39 is 0 Å². The molecule has 12 rings (SSSR count). The predicted octanol–water partition coefficient (Wildman–Crippen LogP) is 15.5. The van der Waals surface area contributed by atoms with Gasteiger partial charge in [0.25, 0.3) is 0 Å². The Labute approximate surface area is 336 Å². The lowest BCUT2D eigenvalue weighted by molar-refractivity contribution is 0.658. The van der Waals surface area contributed by atoms with Gasteiger partial charge >= 0.3 is 0 Å². The van der Waals surface area contributed by atoms with Crippen LogP contribution in [0.1, 0.15) is 47.6 Å². The standard InChI is InChI=1S/C56H38O2/c1-56(2)48-18-10-8-16-42(48)43-27-25-38(31-49(43)56)53(39-26-28-45-44-17-9-11-19-50(44)57-51(45)32-39)40-30-47(37-22-20-35(21-23-37)34-12-4-3-5-13-34)54-46-29-24-36-14-6-7-15-41(36)55(46)58-52(54)33-40/h3-33,53H,1-2H3. The first-order chi connectivity index (χ1) is 28.5. The van der Waals surface area contributed by atoms with E-state index in [4.69, 9.17) is 8.83 Å². The van der Waals surface area contributed by atoms with Gasteiger partial charge in [0.2, 0.25) is 0 Å². The van der Waals surface area contributed by atoms with Crippen molar-refractivity contribution < 1.29 is 8.83 Å². The van der Waals surface area contributed by atoms with Gasteiger partial charge in [0.15, 0.2) is 0 Å². The highest BCUT2D eigenvalue weighted by Gasteiger charge is 2.36. The molecule has 1 aliphatic rings. The average molecular weight is 743 g/mol. The molecule has 2 nitrogen and oxygen atoms in total. The maximum atomic E-state index is 7.02. The quantitative estimate of drug-likeness (QED) is 0.164. The molecule has 0 fully saturated rings. The molecule has 2 aromatic heterocycles. The Bertz CT molecular complexity index is 3410. The van der Waals surface area contributed by atoms with E-state index in [0.717, 1.165) is 60.4 Å². The lowest BCUT2D eigenvalue weighted by Gasteiger charge is -2.25. The summed E-state index contributed by atoms with van der Waals surface area (Å²) in [6, 6.07) is 68.5. The first kappa shape index (κ1) is 33.0. The summed E-state index contributed by atoms with van der Waals surface area (Å²) < 4.78 is 13.6. The molecular weight excluding hydrogens is 705 g/mol. The van der Waals surface area contributed by atoms with Crippen LogP contribution < -0.4 is 0 Å². The zero-order valence-electron chi connectivity index (χ0n) is 32.3. The molecule has 0 bridgehead atoms. The summed E-state index contributed by atoms with van der Waals surface area (Å²) in [6.45, 7) is 4.72. The lowest BCUT2D eigenvalue weighted by Crippen LogP contribution is -2.15. The Morgan fingerprint density at radius 3 is 1.90 bits per heavy atom. The van der Waals surface area contributed by atoms with Crippen molar-refractivity contribution in [1.82, 2.24) is 0 Å². The predicted molar refractivity (Wildman–Crippen MR) is 241 cm³/mol. The summed E-state index contributed by atoms with van der Waals surface area (Å²) >= 11 is 0. The molecule has 274 valence electrons. The minimum absolute atomic E-state index is 0.112. The zero-order chi connectivity index (χ0) is 38.5. The van der Waals surface area contributed by atoms with Crippen LogP contribution in [0.5, 0.6) is 0 Å². The van der Waals surface area contributed by atoms with Crippen LogP contribution in [-0.2, 0) is 5.41 Å². The van der Waals surface area contributed by atoms with Gasteiger partial charge in [-0.2, -0.15) is 0 Å². The summed E-state index contributed by atoms with van der Waals surface area (Å²) in [7, 11) is 0. The Morgan fingerprint density at radius 1 is 0.379 bits per heavy atom. The minimum Gasteiger partial charge on any atom is -0.456 e. The van der Waals surface area contributed by atoms with E-state index in [1.54, 1.807) is 0 Å². The van der Waals surface area contributed by atoms with Crippen LogP contribution in [0.4, 0.5) is 0 Å². The van der Waals surface area contributed by atoms with Gasteiger partial charge in [0.05, 0.1) is 0 Å². The van der Waals surface area contributed by atoms with Gasteiger partial charge in [0.1, 0.15) is 22.3 Å². The molecule has 1 unspecified atom stereocenters. The Morgan fingerprint density at radius 2 is 1.02 bits per heavy atom. The normalized spacial score (nSPS) is 13.8. The fraction of sp³-hybridized carbons (Fsp3) is 0.0714. The van der Waals surface area contributed by atoms with Crippen LogP contribution in [0.15, 0.2) is 197 Å². The maximum absolute atomic E-state index is 7.02. The third kappa shape index (κ3) is 4.91. The van der Waals surface area contributed by atoms with Gasteiger partial charge in [-0.25, -0.2) is 0 Å². The van der Waals surface area contributed by atoms with Gasteiger partial charge in [-0.05, 0) is 96.9 Å². The summed E-state index contributed by atoms with van der Waals surface area (Å²) in [5, 5.41) is 6.81. The Balaban J connectivity index is 1.13. The Kier molecular flexibility index (Phi) is 7.07. The number of furan rings is 2. The monoisotopic (exact) mass is 742 g/mol. The van der Waals surface area contributed by atoms with Crippen molar-refractivity contribution in [1.29, 1.82) is 0 Å². The molecule has 0 saturated heterocycles. The highest BCUT2D eigenvalue weighted by atomic mass is 16.3. The van der Waals surface area contributed by atoms with Crippen LogP contribution >= 0.6 is 0 Å². The molecule has 0 N–H and O–H groups in total. The van der Waals surface area contributed by atoms with Crippen LogP contribution in [0.3, 0.4) is 0 Å². The third-order valence-electron chi connectivity index (χ3n) is 12.8. The molecule has 0 saturated carbocycles. The second kappa shape index (κ2) is 12.4. The van der Waals surface area contributed by atoms with Gasteiger partial charge in [-0.15, -0.1) is 0 Å². The summed E-state index contributed by atoms with van der Waals surface area (Å²) in [4.78, 5) is 0. The van der Waals surface area contributed by atoms with E-state index >= 15 is 0 Å². The highest BCUT2D eigenvalue weighted by molar-refractivity contribution is 6.19. The second-order valence-electron chi connectivity index (χ2n) is 16.4. The minimum atomic E-state index is -0.134. The van der Waals surface area contributed by atoms with Crippen LogP contribution in [0.2, 0.25) is 0 Å². The average Bonchev–Trinajstić information content (AvgIpc) is 3.91. The first-order valence-corrected chi connectivity index (χ1v) is 20.2. The van der Waals surface area contributed by atoms with Crippen molar-refractivity contribution in [2.45, 2.75) is 25.2 Å². The molecule has 2 heteroatoms. The number of benzene rings is 9. The molecular formula is C56H38O2. The number of hydrogen-bond donors (Lipinski definition) is 0. The van der Waals surface area contributed by atoms with Gasteiger partial charge in [-0.3, -0.25) is 0 Å². The third-order valence-corrected chi connectivity index (χ3v) is 12.8. The summed E-state index contributed by atoms with van der Waals surface area (Å²) in [5.74, 6) is -0.112. The molecule has 0 amide bonds. The zero-order valence-corrected chi connectivity index (χ0v) is 32.3. The lowest BCUT2D eigenvalue weighted by atomic mass is 9.78. The molecule has 9 aromatic carbocycles. The van der Waals surface area contributed by atoms with E-state index in [1.165, 1.54) is 55.5 Å². The van der Waals surface area contributed by atoms with Crippen LogP contribution in [0, 0.1) is 0 Å². The summed E-state index contributed by atoms with van der Waals surface area (Å²) in [5.41, 5.74) is 17.1. The summed E-state index contributed by atoms with van der Waals surface area (Å²) in [6.07, 6.45) is 0. The van der Waals surface area contributed by atoms with Crippen molar-refractivity contribution in [3.8, 4) is 33.4 Å². The first-order valence-electron chi connectivity index (χ1n) is 20.2. The topological polar surface area (TPSA) is 26.3 Å². The van der Waals surface area contributed by atoms with Crippen molar-refractivity contribution in [3.05, 3.63) is 216 Å². The maximum Gasteiger partial charge on any atom is 0.143 e. The number of rotatable bonds is 5. The molecule has 1 atom stereocenters. The van der Waals surface area contributed by atoms with Gasteiger partial charge < -0.3 is 8.83 Å². The van der Waals surface area contributed by atoms with E-state index in [2.05, 4.69) is 196 Å². The fourth-order valence-electron chi connectivity index (χ4n) is 9.92. The number of fused-ring (bicyclic) bond motifs is 11. The van der Waals surface area contributed by atoms with Gasteiger partial charge in [-0.1, -0.05) is 172 Å². The molecule has 0 aliphatic heterocycles. The molecule has 0 spiro atoms. The van der Waals surface area contributed by atoms with E-state index in [9.17, 15) is 0 Å². The van der Waals surface area contributed by atoms with E-state index in [0.29, 0.717) is 0 Å². The van der Waals surface area contributed by atoms with Crippen molar-refractivity contribution in [2.75, 3.05) is 0 Å². The van der Waals surface area contributed by atoms with Crippen molar-refractivity contribution in [2.24, 2.45) is 0 Å². The van der Waals surface area contributed by atoms with Crippen LogP contribution in [-0.4, -0.2) is 0 Å². The largest absolute Gasteiger partial charge is 0.456 e. The highest BCUT2D eigenvalue weighted by Crippen LogP contribution is 2.51. The molecule has 2 heterocycles. The van der Waals surface area contributed by atoms with Crippen molar-refractivity contribution >= 4 is 54.6 Å². The SMILES string of the molecule is CC1(C)c2ccccc2-c2ccc(C(c3ccc4c(c3)oc3ccccc34)c3cc(-c4ccc(-c5ccccc5)cc4)c4c(c3)oc3c5ccccc5ccc34)cc21. The van der Waals surface area contributed by atoms with E-state index in [-0.39, 0.29) is 11.3 Å². The number of para-hydroxylation sites is 1. The second-order valence-corrected chi connectivity index (χ2v) is 16.4. The Hall–Kier alpha value is -7.16. The molecule has 1 aliphatic carbocycles. The molecule has 0 radical (unpaired) electrons. The van der Waals surface area contributed by atoms with E-state index in [1.807, 2.05) is 6.07 Å². The molecule has 11 aromatic rings.